The Morgan fingerprint density at radius 3 is 2.67 bits per heavy atom. The Labute approximate surface area is 98.9 Å². The van der Waals surface area contributed by atoms with Gasteiger partial charge in [-0.15, -0.1) is 0 Å². The molecule has 0 radical (unpaired) electrons. The van der Waals surface area contributed by atoms with Crippen LogP contribution in [0.2, 0.25) is 0 Å². The van der Waals surface area contributed by atoms with Crippen LogP contribution in [-0.4, -0.2) is 15.7 Å². The largest absolute Gasteiger partial charge is 0.390 e. The monoisotopic (exact) mass is 269 g/mol. The summed E-state index contributed by atoms with van der Waals surface area (Å²) in [5.41, 5.74) is 0.634. The molecule has 1 aliphatic carbocycles. The van der Waals surface area contributed by atoms with Gasteiger partial charge in [-0.25, -0.2) is 0 Å². The molecule has 2 nitrogen and oxygen atoms in total. The van der Waals surface area contributed by atoms with E-state index >= 15 is 0 Å². The molecule has 1 saturated carbocycles. The van der Waals surface area contributed by atoms with Crippen molar-refractivity contribution in [3.63, 3.8) is 0 Å². The fourth-order valence-electron chi connectivity index (χ4n) is 2.32. The highest BCUT2D eigenvalue weighted by Gasteiger charge is 2.29. The van der Waals surface area contributed by atoms with Crippen molar-refractivity contribution in [1.82, 2.24) is 4.98 Å². The molecular weight excluding hydrogens is 254 g/mol. The van der Waals surface area contributed by atoms with E-state index in [0.717, 1.165) is 42.1 Å². The Balaban J connectivity index is 2.06. The average Bonchev–Trinajstić information content (AvgIpc) is 2.18. The normalized spacial score (nSPS) is 20.1. The van der Waals surface area contributed by atoms with Gasteiger partial charge in [-0.05, 0) is 40.4 Å². The number of nitrogens with zero attached hydrogens (tertiary/aromatic N) is 1. The van der Waals surface area contributed by atoms with Crippen molar-refractivity contribution < 1.29 is 5.11 Å². The first-order valence-electron chi connectivity index (χ1n) is 5.50. The van der Waals surface area contributed by atoms with E-state index in [1.807, 2.05) is 12.3 Å². The van der Waals surface area contributed by atoms with Crippen LogP contribution in [0.15, 0.2) is 22.9 Å². The minimum absolute atomic E-state index is 0.485. The molecule has 0 aromatic carbocycles. The van der Waals surface area contributed by atoms with Crippen LogP contribution in [0.3, 0.4) is 0 Å². The summed E-state index contributed by atoms with van der Waals surface area (Å²) in [7, 11) is 0. The lowest BCUT2D eigenvalue weighted by atomic mass is 9.81. The molecule has 0 amide bonds. The minimum atomic E-state index is -0.485. The van der Waals surface area contributed by atoms with Crippen molar-refractivity contribution in [3.05, 3.63) is 28.5 Å². The predicted molar refractivity (Wildman–Crippen MR) is 63.7 cm³/mol. The Kier molecular flexibility index (Phi) is 3.42. The molecule has 3 heteroatoms. The fraction of sp³-hybridized carbons (Fsp3) is 0.583. The number of halogens is 1. The molecule has 1 fully saturated rings. The van der Waals surface area contributed by atoms with Crippen LogP contribution in [0, 0.1) is 0 Å². The van der Waals surface area contributed by atoms with Crippen molar-refractivity contribution in [2.45, 2.75) is 44.1 Å². The molecule has 1 heterocycles. The van der Waals surface area contributed by atoms with Crippen molar-refractivity contribution in [3.8, 4) is 0 Å². The predicted octanol–water partition coefficient (Wildman–Crippen LogP) is 3.08. The number of pyridine rings is 1. The summed E-state index contributed by atoms with van der Waals surface area (Å²) < 4.78 is 0.986. The number of rotatable bonds is 2. The topological polar surface area (TPSA) is 33.1 Å². The van der Waals surface area contributed by atoms with E-state index in [2.05, 4.69) is 20.9 Å². The van der Waals surface area contributed by atoms with Crippen LogP contribution < -0.4 is 0 Å². The first-order valence-corrected chi connectivity index (χ1v) is 6.29. The molecule has 0 spiro atoms. The quantitative estimate of drug-likeness (QED) is 0.895. The van der Waals surface area contributed by atoms with Crippen LogP contribution in [0.4, 0.5) is 0 Å². The number of hydrogen-bond donors (Lipinski definition) is 1. The van der Waals surface area contributed by atoms with Gasteiger partial charge < -0.3 is 5.11 Å². The Hall–Kier alpha value is -0.410. The standard InChI is InChI=1S/C12H16BrNO/c13-11-6-10(8-14-9-11)7-12(15)4-2-1-3-5-12/h6,8-9,15H,1-5,7H2. The summed E-state index contributed by atoms with van der Waals surface area (Å²) in [5, 5.41) is 10.4. The maximum atomic E-state index is 10.4. The van der Waals surface area contributed by atoms with Gasteiger partial charge in [-0.3, -0.25) is 4.98 Å². The van der Waals surface area contributed by atoms with Gasteiger partial charge in [0.15, 0.2) is 0 Å². The van der Waals surface area contributed by atoms with Crippen LogP contribution in [-0.2, 0) is 6.42 Å². The number of aromatic nitrogens is 1. The van der Waals surface area contributed by atoms with Gasteiger partial charge in [0.25, 0.3) is 0 Å². The van der Waals surface area contributed by atoms with E-state index in [9.17, 15) is 5.11 Å². The molecule has 15 heavy (non-hydrogen) atoms. The summed E-state index contributed by atoms with van der Waals surface area (Å²) in [6, 6.07) is 2.04. The van der Waals surface area contributed by atoms with E-state index in [-0.39, 0.29) is 0 Å². The zero-order valence-corrected chi connectivity index (χ0v) is 10.3. The Morgan fingerprint density at radius 1 is 1.27 bits per heavy atom. The van der Waals surface area contributed by atoms with Gasteiger partial charge in [0.2, 0.25) is 0 Å². The van der Waals surface area contributed by atoms with Gasteiger partial charge in [-0.2, -0.15) is 0 Å². The summed E-state index contributed by atoms with van der Waals surface area (Å²) in [6.07, 6.45) is 9.78. The SMILES string of the molecule is OC1(Cc2cncc(Br)c2)CCCCC1. The minimum Gasteiger partial charge on any atom is -0.390 e. The first kappa shape index (κ1) is 11.1. The molecule has 0 bridgehead atoms. The second kappa shape index (κ2) is 4.62. The molecule has 0 atom stereocenters. The highest BCUT2D eigenvalue weighted by Crippen LogP contribution is 2.31. The summed E-state index contributed by atoms with van der Waals surface area (Å²) in [6.45, 7) is 0. The third kappa shape index (κ3) is 3.02. The van der Waals surface area contributed by atoms with Crippen molar-refractivity contribution in [2.75, 3.05) is 0 Å². The molecule has 82 valence electrons. The molecular formula is C12H16BrNO. The smallest absolute Gasteiger partial charge is 0.0688 e. The van der Waals surface area contributed by atoms with E-state index < -0.39 is 5.60 Å². The lowest BCUT2D eigenvalue weighted by molar-refractivity contribution is 0.00441. The third-order valence-electron chi connectivity index (χ3n) is 3.08. The lowest BCUT2D eigenvalue weighted by Crippen LogP contribution is -2.33. The van der Waals surface area contributed by atoms with Crippen molar-refractivity contribution in [1.29, 1.82) is 0 Å². The highest BCUT2D eigenvalue weighted by molar-refractivity contribution is 9.10. The molecule has 2 rings (SSSR count). The molecule has 1 aliphatic rings. The zero-order valence-electron chi connectivity index (χ0n) is 8.75. The Morgan fingerprint density at radius 2 is 2.00 bits per heavy atom. The van der Waals surface area contributed by atoms with E-state index in [1.54, 1.807) is 6.20 Å². The van der Waals surface area contributed by atoms with Crippen LogP contribution >= 0.6 is 15.9 Å². The maximum Gasteiger partial charge on any atom is 0.0688 e. The first-order chi connectivity index (χ1) is 7.18. The maximum absolute atomic E-state index is 10.4. The second-order valence-corrected chi connectivity index (χ2v) is 5.39. The van der Waals surface area contributed by atoms with E-state index in [1.165, 1.54) is 6.42 Å². The van der Waals surface area contributed by atoms with Crippen LogP contribution in [0.5, 0.6) is 0 Å². The summed E-state index contributed by atoms with van der Waals surface area (Å²) in [5.74, 6) is 0. The fourth-order valence-corrected chi connectivity index (χ4v) is 2.73. The van der Waals surface area contributed by atoms with Crippen molar-refractivity contribution >= 4 is 15.9 Å². The third-order valence-corrected chi connectivity index (χ3v) is 3.51. The second-order valence-electron chi connectivity index (χ2n) is 4.47. The molecule has 1 N–H and O–H groups in total. The van der Waals surface area contributed by atoms with Gasteiger partial charge in [0.1, 0.15) is 0 Å². The van der Waals surface area contributed by atoms with Gasteiger partial charge in [0.05, 0.1) is 5.60 Å². The van der Waals surface area contributed by atoms with Crippen LogP contribution in [0.25, 0.3) is 0 Å². The number of aliphatic hydroxyl groups is 1. The summed E-state index contributed by atoms with van der Waals surface area (Å²) in [4.78, 5) is 4.12. The van der Waals surface area contributed by atoms with E-state index in [0.29, 0.717) is 0 Å². The highest BCUT2D eigenvalue weighted by atomic mass is 79.9. The van der Waals surface area contributed by atoms with E-state index in [4.69, 9.17) is 0 Å². The molecule has 1 aromatic heterocycles. The van der Waals surface area contributed by atoms with Gasteiger partial charge in [-0.1, -0.05) is 19.3 Å². The molecule has 1 aromatic rings. The van der Waals surface area contributed by atoms with Crippen LogP contribution in [0.1, 0.15) is 37.7 Å². The summed E-state index contributed by atoms with van der Waals surface area (Å²) >= 11 is 3.40. The Bertz CT molecular complexity index is 334. The average molecular weight is 270 g/mol. The van der Waals surface area contributed by atoms with Crippen molar-refractivity contribution in [2.24, 2.45) is 0 Å². The molecule has 0 unspecified atom stereocenters. The number of hydrogen-bond acceptors (Lipinski definition) is 2. The van der Waals surface area contributed by atoms with Gasteiger partial charge in [0, 0.05) is 23.3 Å². The van der Waals surface area contributed by atoms with Gasteiger partial charge >= 0.3 is 0 Å². The molecule has 0 aliphatic heterocycles. The molecule has 0 saturated heterocycles. The lowest BCUT2D eigenvalue weighted by Gasteiger charge is -2.32. The zero-order chi connectivity index (χ0) is 10.7.